The van der Waals surface area contributed by atoms with Crippen LogP contribution in [-0.4, -0.2) is 23.1 Å². The highest BCUT2D eigenvalue weighted by molar-refractivity contribution is 7.16. The summed E-state index contributed by atoms with van der Waals surface area (Å²) in [4.78, 5) is 24.3. The summed E-state index contributed by atoms with van der Waals surface area (Å²) >= 11 is 1.31. The van der Waals surface area contributed by atoms with Crippen molar-refractivity contribution in [3.8, 4) is 0 Å². The molecule has 1 aliphatic rings. The highest BCUT2D eigenvalue weighted by Gasteiger charge is 2.21. The van der Waals surface area contributed by atoms with Crippen LogP contribution in [0.15, 0.2) is 0 Å². The number of thiophene rings is 1. The van der Waals surface area contributed by atoms with E-state index in [4.69, 9.17) is 0 Å². The third-order valence-corrected chi connectivity index (χ3v) is 5.14. The molecule has 1 saturated carbocycles. The van der Waals surface area contributed by atoms with Crippen molar-refractivity contribution in [2.24, 2.45) is 0 Å². The highest BCUT2D eigenvalue weighted by atomic mass is 32.1. The zero-order chi connectivity index (χ0) is 15.4. The number of carboxylic acid groups (broad SMARTS) is 1. The second-order valence-electron chi connectivity index (χ2n) is 5.58. The van der Waals surface area contributed by atoms with Gasteiger partial charge >= 0.3 is 12.0 Å². The molecule has 5 nitrogen and oxygen atoms in total. The van der Waals surface area contributed by atoms with Crippen LogP contribution in [-0.2, 0) is 0 Å². The van der Waals surface area contributed by atoms with Gasteiger partial charge in [-0.05, 0) is 32.3 Å². The molecule has 21 heavy (non-hydrogen) atoms. The van der Waals surface area contributed by atoms with Crippen LogP contribution in [0.5, 0.6) is 0 Å². The average molecular weight is 310 g/mol. The van der Waals surface area contributed by atoms with E-state index in [0.29, 0.717) is 5.00 Å². The van der Waals surface area contributed by atoms with Gasteiger partial charge in [0, 0.05) is 10.9 Å². The number of carbonyl (C=O) groups is 2. The van der Waals surface area contributed by atoms with E-state index in [1.807, 2.05) is 6.92 Å². The number of anilines is 1. The van der Waals surface area contributed by atoms with Crippen molar-refractivity contribution < 1.29 is 14.7 Å². The fourth-order valence-corrected chi connectivity index (χ4v) is 3.77. The SMILES string of the molecule is Cc1sc(NC(=O)NC2CCCCCC2)c(C(=O)O)c1C. The molecule has 0 aliphatic heterocycles. The minimum Gasteiger partial charge on any atom is -0.478 e. The van der Waals surface area contributed by atoms with E-state index in [2.05, 4.69) is 10.6 Å². The van der Waals surface area contributed by atoms with Crippen molar-refractivity contribution in [3.63, 3.8) is 0 Å². The van der Waals surface area contributed by atoms with Crippen LogP contribution in [0.3, 0.4) is 0 Å². The van der Waals surface area contributed by atoms with Gasteiger partial charge in [-0.3, -0.25) is 5.32 Å². The van der Waals surface area contributed by atoms with Gasteiger partial charge in [-0.1, -0.05) is 25.7 Å². The van der Waals surface area contributed by atoms with Gasteiger partial charge < -0.3 is 10.4 Å². The Morgan fingerprint density at radius 3 is 2.33 bits per heavy atom. The predicted octanol–water partition coefficient (Wildman–Crippen LogP) is 3.91. The van der Waals surface area contributed by atoms with E-state index in [1.54, 1.807) is 6.92 Å². The van der Waals surface area contributed by atoms with Crippen molar-refractivity contribution in [2.75, 3.05) is 5.32 Å². The summed E-state index contributed by atoms with van der Waals surface area (Å²) in [6, 6.07) is -0.103. The van der Waals surface area contributed by atoms with Crippen LogP contribution < -0.4 is 10.6 Å². The van der Waals surface area contributed by atoms with Gasteiger partial charge in [-0.25, -0.2) is 9.59 Å². The summed E-state index contributed by atoms with van der Waals surface area (Å²) in [6.07, 6.45) is 6.74. The van der Waals surface area contributed by atoms with Crippen LogP contribution >= 0.6 is 11.3 Å². The summed E-state index contributed by atoms with van der Waals surface area (Å²) in [5.41, 5.74) is 0.922. The summed E-state index contributed by atoms with van der Waals surface area (Å²) < 4.78 is 0. The molecule has 0 unspecified atom stereocenters. The fraction of sp³-hybridized carbons (Fsp3) is 0.600. The van der Waals surface area contributed by atoms with Gasteiger partial charge in [0.1, 0.15) is 5.00 Å². The number of hydrogen-bond acceptors (Lipinski definition) is 3. The first kappa shape index (κ1) is 15.8. The molecule has 1 aromatic rings. The number of aromatic carboxylic acids is 1. The van der Waals surface area contributed by atoms with Crippen LogP contribution in [0.25, 0.3) is 0 Å². The lowest BCUT2D eigenvalue weighted by Gasteiger charge is -2.16. The summed E-state index contributed by atoms with van der Waals surface area (Å²) in [6.45, 7) is 3.63. The maximum Gasteiger partial charge on any atom is 0.338 e. The van der Waals surface area contributed by atoms with Crippen LogP contribution in [0.1, 0.15) is 59.3 Å². The molecule has 0 saturated heterocycles. The summed E-state index contributed by atoms with van der Waals surface area (Å²) in [7, 11) is 0. The Hall–Kier alpha value is -1.56. The van der Waals surface area contributed by atoms with Crippen LogP contribution in [0, 0.1) is 13.8 Å². The molecule has 116 valence electrons. The van der Waals surface area contributed by atoms with Crippen molar-refractivity contribution in [3.05, 3.63) is 16.0 Å². The molecule has 2 rings (SSSR count). The van der Waals surface area contributed by atoms with Crippen molar-refractivity contribution in [1.82, 2.24) is 5.32 Å². The summed E-state index contributed by atoms with van der Waals surface area (Å²) in [5, 5.41) is 15.4. The number of carboxylic acids is 1. The third-order valence-electron chi connectivity index (χ3n) is 4.02. The zero-order valence-electron chi connectivity index (χ0n) is 12.5. The number of hydrogen-bond donors (Lipinski definition) is 3. The molecule has 0 spiro atoms. The zero-order valence-corrected chi connectivity index (χ0v) is 13.3. The molecule has 0 bridgehead atoms. The summed E-state index contributed by atoms with van der Waals surface area (Å²) in [5.74, 6) is -0.999. The first-order valence-corrected chi connectivity index (χ1v) is 8.21. The lowest BCUT2D eigenvalue weighted by atomic mass is 10.1. The normalized spacial score (nSPS) is 16.3. The van der Waals surface area contributed by atoms with Crippen molar-refractivity contribution in [2.45, 2.75) is 58.4 Å². The molecule has 1 heterocycles. The van der Waals surface area contributed by atoms with Gasteiger partial charge in [-0.15, -0.1) is 11.3 Å². The standard InChI is InChI=1S/C15H22N2O3S/c1-9-10(2)21-13(12(9)14(18)19)17-15(20)16-11-7-5-3-4-6-8-11/h11H,3-8H2,1-2H3,(H,18,19)(H2,16,17,20). The van der Waals surface area contributed by atoms with Gasteiger partial charge in [0.25, 0.3) is 0 Å². The van der Waals surface area contributed by atoms with E-state index in [1.165, 1.54) is 24.2 Å². The molecule has 6 heteroatoms. The van der Waals surface area contributed by atoms with E-state index in [0.717, 1.165) is 36.1 Å². The topological polar surface area (TPSA) is 78.4 Å². The monoisotopic (exact) mass is 310 g/mol. The number of carbonyl (C=O) groups excluding carboxylic acids is 1. The Bertz CT molecular complexity index is 531. The predicted molar refractivity (Wildman–Crippen MR) is 84.4 cm³/mol. The van der Waals surface area contributed by atoms with E-state index >= 15 is 0 Å². The highest BCUT2D eigenvalue weighted by Crippen LogP contribution is 2.32. The largest absolute Gasteiger partial charge is 0.478 e. The van der Waals surface area contributed by atoms with E-state index in [-0.39, 0.29) is 17.6 Å². The quantitative estimate of drug-likeness (QED) is 0.741. The molecule has 0 aromatic carbocycles. The second kappa shape index (κ2) is 6.93. The van der Waals surface area contributed by atoms with Crippen molar-refractivity contribution >= 4 is 28.3 Å². The first-order valence-electron chi connectivity index (χ1n) is 7.40. The van der Waals surface area contributed by atoms with Crippen LogP contribution in [0.2, 0.25) is 0 Å². The molecule has 1 aliphatic carbocycles. The van der Waals surface area contributed by atoms with Crippen molar-refractivity contribution in [1.29, 1.82) is 0 Å². The van der Waals surface area contributed by atoms with E-state index < -0.39 is 5.97 Å². The van der Waals surface area contributed by atoms with Gasteiger partial charge in [0.2, 0.25) is 0 Å². The van der Waals surface area contributed by atoms with Gasteiger partial charge in [-0.2, -0.15) is 0 Å². The number of rotatable bonds is 3. The molecule has 0 atom stereocenters. The van der Waals surface area contributed by atoms with Gasteiger partial charge in [0.05, 0.1) is 5.56 Å². The minimum atomic E-state index is -0.999. The molecule has 0 radical (unpaired) electrons. The Kier molecular flexibility index (Phi) is 5.22. The Morgan fingerprint density at radius 1 is 1.14 bits per heavy atom. The number of amides is 2. The molecule has 2 amide bonds. The first-order chi connectivity index (χ1) is 9.99. The maximum atomic E-state index is 12.1. The lowest BCUT2D eigenvalue weighted by Crippen LogP contribution is -2.37. The minimum absolute atomic E-state index is 0.197. The number of aryl methyl sites for hydroxylation is 1. The Morgan fingerprint density at radius 2 is 1.76 bits per heavy atom. The third kappa shape index (κ3) is 3.97. The molecule has 3 N–H and O–H groups in total. The average Bonchev–Trinajstić information content (AvgIpc) is 2.58. The molecular formula is C15H22N2O3S. The Labute approximate surface area is 128 Å². The van der Waals surface area contributed by atoms with Crippen LogP contribution in [0.4, 0.5) is 9.80 Å². The number of nitrogens with one attached hydrogen (secondary N) is 2. The molecule has 1 aromatic heterocycles. The lowest BCUT2D eigenvalue weighted by molar-refractivity contribution is 0.0697. The Balaban J connectivity index is 2.02. The molecule has 1 fully saturated rings. The fourth-order valence-electron chi connectivity index (χ4n) is 2.72. The smallest absolute Gasteiger partial charge is 0.338 e. The second-order valence-corrected chi connectivity index (χ2v) is 6.80. The molecular weight excluding hydrogens is 288 g/mol. The van der Waals surface area contributed by atoms with E-state index in [9.17, 15) is 14.7 Å². The number of urea groups is 1. The van der Waals surface area contributed by atoms with Gasteiger partial charge in [0.15, 0.2) is 0 Å². The maximum absolute atomic E-state index is 12.1.